The Morgan fingerprint density at radius 2 is 2.16 bits per heavy atom. The number of fused-ring (bicyclic) bond motifs is 1. The van der Waals surface area contributed by atoms with E-state index >= 15 is 0 Å². The highest BCUT2D eigenvalue weighted by atomic mass is 35.5. The zero-order valence-corrected chi connectivity index (χ0v) is 11.5. The van der Waals surface area contributed by atoms with Gasteiger partial charge < -0.3 is 10.3 Å². The second kappa shape index (κ2) is 4.28. The Labute approximate surface area is 115 Å². The third kappa shape index (κ3) is 1.96. The third-order valence-electron chi connectivity index (χ3n) is 3.41. The minimum absolute atomic E-state index is 0.487. The number of rotatable bonds is 2. The van der Waals surface area contributed by atoms with E-state index in [1.165, 1.54) is 0 Å². The summed E-state index contributed by atoms with van der Waals surface area (Å²) in [5.74, 6) is 0.487. The molecule has 6 heteroatoms. The summed E-state index contributed by atoms with van der Waals surface area (Å²) in [6, 6.07) is 5.60. The fourth-order valence-corrected chi connectivity index (χ4v) is 2.32. The number of hydrogen-bond donors (Lipinski definition) is 1. The van der Waals surface area contributed by atoms with Crippen molar-refractivity contribution in [2.75, 3.05) is 5.73 Å². The van der Waals surface area contributed by atoms with Crippen molar-refractivity contribution in [3.05, 3.63) is 40.7 Å². The molecule has 1 aromatic carbocycles. The molecule has 98 valence electrons. The van der Waals surface area contributed by atoms with E-state index in [2.05, 4.69) is 10.1 Å². The first kappa shape index (κ1) is 12.0. The molecule has 2 heterocycles. The van der Waals surface area contributed by atoms with Crippen molar-refractivity contribution < 1.29 is 0 Å². The highest BCUT2D eigenvalue weighted by Gasteiger charge is 2.11. The Hall–Kier alpha value is -2.01. The van der Waals surface area contributed by atoms with Crippen LogP contribution in [0.2, 0.25) is 5.02 Å². The largest absolute Gasteiger partial charge is 0.369 e. The zero-order valence-electron chi connectivity index (χ0n) is 10.8. The van der Waals surface area contributed by atoms with Gasteiger partial charge in [-0.2, -0.15) is 5.10 Å². The van der Waals surface area contributed by atoms with Crippen LogP contribution in [-0.2, 0) is 13.6 Å². The summed E-state index contributed by atoms with van der Waals surface area (Å²) in [6.07, 6.45) is 1.86. The first-order valence-electron chi connectivity index (χ1n) is 5.95. The third-order valence-corrected chi connectivity index (χ3v) is 3.64. The van der Waals surface area contributed by atoms with Gasteiger partial charge in [-0.05, 0) is 25.1 Å². The van der Waals surface area contributed by atoms with Gasteiger partial charge in [-0.25, -0.2) is 4.98 Å². The SMILES string of the molecule is Cc1c(Cn2c(N)nc3cc(Cl)ccc32)cnn1C. The zero-order chi connectivity index (χ0) is 13.6. The van der Waals surface area contributed by atoms with E-state index in [0.717, 1.165) is 22.3 Å². The minimum atomic E-state index is 0.487. The molecule has 2 N–H and O–H groups in total. The van der Waals surface area contributed by atoms with Crippen molar-refractivity contribution in [1.82, 2.24) is 19.3 Å². The lowest BCUT2D eigenvalue weighted by Gasteiger charge is -2.06. The molecule has 5 nitrogen and oxygen atoms in total. The van der Waals surface area contributed by atoms with Gasteiger partial charge in [0.15, 0.2) is 0 Å². The maximum absolute atomic E-state index is 5.99. The van der Waals surface area contributed by atoms with Crippen molar-refractivity contribution in [3.63, 3.8) is 0 Å². The van der Waals surface area contributed by atoms with E-state index < -0.39 is 0 Å². The molecular formula is C13H14ClN5. The van der Waals surface area contributed by atoms with Crippen molar-refractivity contribution in [3.8, 4) is 0 Å². The normalized spacial score (nSPS) is 11.3. The topological polar surface area (TPSA) is 61.7 Å². The number of aryl methyl sites for hydroxylation is 1. The smallest absolute Gasteiger partial charge is 0.201 e. The predicted molar refractivity (Wildman–Crippen MR) is 76.2 cm³/mol. The number of nitrogens with two attached hydrogens (primary N) is 1. The van der Waals surface area contributed by atoms with Crippen LogP contribution in [0.3, 0.4) is 0 Å². The molecule has 2 aromatic heterocycles. The van der Waals surface area contributed by atoms with Gasteiger partial charge in [0.25, 0.3) is 0 Å². The van der Waals surface area contributed by atoms with Gasteiger partial charge >= 0.3 is 0 Å². The Morgan fingerprint density at radius 1 is 1.37 bits per heavy atom. The Kier molecular flexibility index (Phi) is 2.71. The second-order valence-electron chi connectivity index (χ2n) is 4.57. The second-order valence-corrected chi connectivity index (χ2v) is 5.00. The molecule has 0 amide bonds. The monoisotopic (exact) mass is 275 g/mol. The first-order chi connectivity index (χ1) is 9.06. The highest BCUT2D eigenvalue weighted by molar-refractivity contribution is 6.31. The van der Waals surface area contributed by atoms with E-state index in [1.54, 1.807) is 0 Å². The molecule has 0 radical (unpaired) electrons. The van der Waals surface area contributed by atoms with Crippen molar-refractivity contribution in [2.45, 2.75) is 13.5 Å². The average molecular weight is 276 g/mol. The lowest BCUT2D eigenvalue weighted by molar-refractivity contribution is 0.734. The predicted octanol–water partition coefficient (Wildman–Crippen LogP) is 2.36. The van der Waals surface area contributed by atoms with E-state index in [9.17, 15) is 0 Å². The van der Waals surface area contributed by atoms with Crippen molar-refractivity contribution in [1.29, 1.82) is 0 Å². The van der Waals surface area contributed by atoms with Crippen LogP contribution in [0.25, 0.3) is 11.0 Å². The minimum Gasteiger partial charge on any atom is -0.369 e. The summed E-state index contributed by atoms with van der Waals surface area (Å²) in [5, 5.41) is 4.90. The lowest BCUT2D eigenvalue weighted by Crippen LogP contribution is -2.05. The maximum Gasteiger partial charge on any atom is 0.201 e. The van der Waals surface area contributed by atoms with Gasteiger partial charge in [0.2, 0.25) is 5.95 Å². The van der Waals surface area contributed by atoms with Gasteiger partial charge in [0.1, 0.15) is 0 Å². The van der Waals surface area contributed by atoms with Gasteiger partial charge in [0.05, 0.1) is 23.8 Å². The van der Waals surface area contributed by atoms with Crippen LogP contribution in [0, 0.1) is 6.92 Å². The molecular weight excluding hydrogens is 262 g/mol. The molecule has 3 aromatic rings. The average Bonchev–Trinajstić information content (AvgIpc) is 2.84. The molecule has 19 heavy (non-hydrogen) atoms. The summed E-state index contributed by atoms with van der Waals surface area (Å²) in [5.41, 5.74) is 10.0. The summed E-state index contributed by atoms with van der Waals surface area (Å²) < 4.78 is 3.82. The molecule has 0 bridgehead atoms. The summed E-state index contributed by atoms with van der Waals surface area (Å²) in [4.78, 5) is 4.34. The number of anilines is 1. The molecule has 0 atom stereocenters. The fraction of sp³-hybridized carbons (Fsp3) is 0.231. The van der Waals surface area contributed by atoms with Crippen LogP contribution in [0.4, 0.5) is 5.95 Å². The van der Waals surface area contributed by atoms with Crippen LogP contribution in [0.15, 0.2) is 24.4 Å². The number of hydrogen-bond acceptors (Lipinski definition) is 3. The maximum atomic E-state index is 5.99. The molecule has 0 aliphatic rings. The fourth-order valence-electron chi connectivity index (χ4n) is 2.16. The molecule has 0 saturated carbocycles. The van der Waals surface area contributed by atoms with E-state index in [0.29, 0.717) is 17.5 Å². The lowest BCUT2D eigenvalue weighted by atomic mass is 10.2. The first-order valence-corrected chi connectivity index (χ1v) is 6.33. The van der Waals surface area contributed by atoms with Crippen LogP contribution in [0.5, 0.6) is 0 Å². The Balaban J connectivity index is 2.10. The van der Waals surface area contributed by atoms with E-state index in [4.69, 9.17) is 17.3 Å². The molecule has 0 aliphatic heterocycles. The number of nitrogen functional groups attached to an aromatic ring is 1. The Morgan fingerprint density at radius 3 is 2.84 bits per heavy atom. The molecule has 0 spiro atoms. The molecule has 0 saturated heterocycles. The van der Waals surface area contributed by atoms with Crippen molar-refractivity contribution >= 4 is 28.6 Å². The van der Waals surface area contributed by atoms with Gasteiger partial charge in [-0.1, -0.05) is 11.6 Å². The Bertz CT molecular complexity index is 756. The highest BCUT2D eigenvalue weighted by Crippen LogP contribution is 2.23. The molecule has 0 aliphatic carbocycles. The van der Waals surface area contributed by atoms with E-state index in [-0.39, 0.29) is 0 Å². The summed E-state index contributed by atoms with van der Waals surface area (Å²) in [6.45, 7) is 2.69. The standard InChI is InChI=1S/C13H14ClN5/c1-8-9(6-16-18(8)2)7-19-12-4-3-10(14)5-11(12)17-13(19)15/h3-6H,7H2,1-2H3,(H2,15,17). The number of halogens is 1. The van der Waals surface area contributed by atoms with Gasteiger partial charge in [-0.3, -0.25) is 4.68 Å². The van der Waals surface area contributed by atoms with Gasteiger partial charge in [0, 0.05) is 23.3 Å². The number of nitrogens with zero attached hydrogens (tertiary/aromatic N) is 4. The molecule has 3 rings (SSSR count). The van der Waals surface area contributed by atoms with Crippen LogP contribution in [0.1, 0.15) is 11.3 Å². The molecule has 0 fully saturated rings. The number of aromatic nitrogens is 4. The quantitative estimate of drug-likeness (QED) is 0.781. The number of benzene rings is 1. The molecule has 0 unspecified atom stereocenters. The van der Waals surface area contributed by atoms with Crippen LogP contribution >= 0.6 is 11.6 Å². The number of imidazole rings is 1. The van der Waals surface area contributed by atoms with Crippen LogP contribution in [-0.4, -0.2) is 19.3 Å². The van der Waals surface area contributed by atoms with Gasteiger partial charge in [-0.15, -0.1) is 0 Å². The van der Waals surface area contributed by atoms with Crippen molar-refractivity contribution in [2.24, 2.45) is 7.05 Å². The van der Waals surface area contributed by atoms with E-state index in [1.807, 2.05) is 47.6 Å². The summed E-state index contributed by atoms with van der Waals surface area (Å²) >= 11 is 5.97. The summed E-state index contributed by atoms with van der Waals surface area (Å²) in [7, 11) is 1.92. The van der Waals surface area contributed by atoms with Crippen LogP contribution < -0.4 is 5.73 Å².